The number of rotatable bonds is 12. The van der Waals surface area contributed by atoms with Crippen molar-refractivity contribution in [3.05, 3.63) is 59.7 Å². The van der Waals surface area contributed by atoms with Gasteiger partial charge in [-0.2, -0.15) is 0 Å². The molecule has 35 heavy (non-hydrogen) atoms. The zero-order valence-corrected chi connectivity index (χ0v) is 20.8. The summed E-state index contributed by atoms with van der Waals surface area (Å²) in [5, 5.41) is 14.8. The van der Waals surface area contributed by atoms with E-state index in [1.165, 1.54) is 11.1 Å². The van der Waals surface area contributed by atoms with E-state index < -0.39 is 23.5 Å². The van der Waals surface area contributed by atoms with E-state index in [1.807, 2.05) is 31.2 Å². The van der Waals surface area contributed by atoms with E-state index in [0.29, 0.717) is 12.8 Å². The Balaban J connectivity index is 1.48. The van der Waals surface area contributed by atoms with Gasteiger partial charge >= 0.3 is 12.1 Å². The molecule has 3 rings (SSSR count). The number of amides is 2. The zero-order valence-electron chi connectivity index (χ0n) is 20.8. The minimum Gasteiger partial charge on any atom is -0.481 e. The predicted octanol–water partition coefficient (Wildman–Crippen LogP) is 5.09. The highest BCUT2D eigenvalue weighted by molar-refractivity contribution is 5.83. The first-order chi connectivity index (χ1) is 16.7. The van der Waals surface area contributed by atoms with Crippen LogP contribution in [0.4, 0.5) is 4.79 Å². The molecular formula is C28H36N2O5. The molecule has 2 amide bonds. The minimum absolute atomic E-state index is 0.00958. The molecule has 7 heteroatoms. The Morgan fingerprint density at radius 1 is 1.03 bits per heavy atom. The molecule has 0 saturated carbocycles. The van der Waals surface area contributed by atoms with Crippen molar-refractivity contribution in [1.82, 2.24) is 10.6 Å². The number of nitrogens with one attached hydrogen (secondary N) is 2. The molecule has 0 spiro atoms. The number of hydrogen-bond donors (Lipinski definition) is 3. The van der Waals surface area contributed by atoms with Gasteiger partial charge in [0.1, 0.15) is 6.61 Å². The molecule has 0 bridgehead atoms. The molecular weight excluding hydrogens is 444 g/mol. The molecule has 2 aromatic carbocycles. The lowest BCUT2D eigenvalue weighted by Gasteiger charge is -2.27. The van der Waals surface area contributed by atoms with Gasteiger partial charge in [-0.1, -0.05) is 82.1 Å². The summed E-state index contributed by atoms with van der Waals surface area (Å²) >= 11 is 0. The highest BCUT2D eigenvalue weighted by Crippen LogP contribution is 2.44. The summed E-state index contributed by atoms with van der Waals surface area (Å²) in [6.07, 6.45) is 2.19. The van der Waals surface area contributed by atoms with Crippen LogP contribution in [0.2, 0.25) is 0 Å². The van der Waals surface area contributed by atoms with E-state index in [4.69, 9.17) is 9.84 Å². The van der Waals surface area contributed by atoms with Gasteiger partial charge in [-0.25, -0.2) is 4.79 Å². The fourth-order valence-corrected chi connectivity index (χ4v) is 4.51. The van der Waals surface area contributed by atoms with Crippen LogP contribution in [-0.2, 0) is 14.3 Å². The van der Waals surface area contributed by atoms with Gasteiger partial charge in [0.25, 0.3) is 0 Å². The number of benzene rings is 2. The molecule has 3 N–H and O–H groups in total. The second-order valence-corrected chi connectivity index (χ2v) is 9.80. The number of ether oxygens (including phenoxy) is 1. The van der Waals surface area contributed by atoms with Gasteiger partial charge in [0.15, 0.2) is 0 Å². The number of carbonyl (C=O) groups is 3. The maximum absolute atomic E-state index is 12.8. The van der Waals surface area contributed by atoms with Crippen LogP contribution < -0.4 is 10.6 Å². The molecule has 1 unspecified atom stereocenters. The van der Waals surface area contributed by atoms with E-state index in [-0.39, 0.29) is 31.4 Å². The quantitative estimate of drug-likeness (QED) is 0.392. The molecule has 0 saturated heterocycles. The Hall–Kier alpha value is -3.35. The fraction of sp³-hybridized carbons (Fsp3) is 0.464. The first-order valence-corrected chi connectivity index (χ1v) is 12.3. The lowest BCUT2D eigenvalue weighted by Crippen LogP contribution is -2.45. The number of unbranched alkanes of at least 4 members (excludes halogenated alkanes) is 1. The largest absolute Gasteiger partial charge is 0.481 e. The number of alkyl carbamates (subject to hydrolysis) is 1. The van der Waals surface area contributed by atoms with Crippen LogP contribution in [0, 0.1) is 5.41 Å². The first kappa shape index (κ1) is 26.3. The summed E-state index contributed by atoms with van der Waals surface area (Å²) in [5.74, 6) is -1.15. The van der Waals surface area contributed by atoms with Crippen molar-refractivity contribution in [3.8, 4) is 11.1 Å². The summed E-state index contributed by atoms with van der Waals surface area (Å²) < 4.78 is 5.55. The lowest BCUT2D eigenvalue weighted by atomic mass is 9.87. The van der Waals surface area contributed by atoms with Crippen LogP contribution in [0.1, 0.15) is 69.9 Å². The Morgan fingerprint density at radius 2 is 1.63 bits per heavy atom. The standard InChI is InChI=1S/C28H36N2O5/c1-4-5-10-19(17-25(31)32)30-26(33)28(2,3)15-16-29-27(34)35-18-24-22-13-8-6-11-20(22)21-12-7-9-14-23(21)24/h6-9,11-14,19,24H,4-5,10,15-18H2,1-3H3,(H,29,34)(H,30,33)(H,31,32). The summed E-state index contributed by atoms with van der Waals surface area (Å²) in [7, 11) is 0. The number of carboxylic acid groups (broad SMARTS) is 1. The average molecular weight is 481 g/mol. The molecule has 0 heterocycles. The third kappa shape index (κ3) is 6.84. The Bertz CT molecular complexity index is 1000. The van der Waals surface area contributed by atoms with E-state index >= 15 is 0 Å². The van der Waals surface area contributed by atoms with E-state index in [0.717, 1.165) is 24.0 Å². The van der Waals surface area contributed by atoms with E-state index in [9.17, 15) is 14.4 Å². The van der Waals surface area contributed by atoms with Gasteiger partial charge < -0.3 is 20.5 Å². The second-order valence-electron chi connectivity index (χ2n) is 9.80. The fourth-order valence-electron chi connectivity index (χ4n) is 4.51. The normalized spacial score (nSPS) is 13.5. The SMILES string of the molecule is CCCCC(CC(=O)O)NC(=O)C(C)(C)CCNC(=O)OCC1c2ccccc2-c2ccccc21. The van der Waals surface area contributed by atoms with Crippen LogP contribution in [0.15, 0.2) is 48.5 Å². The van der Waals surface area contributed by atoms with Crippen molar-refractivity contribution < 1.29 is 24.2 Å². The molecule has 1 aliphatic carbocycles. The van der Waals surface area contributed by atoms with Crippen molar-refractivity contribution in [3.63, 3.8) is 0 Å². The highest BCUT2D eigenvalue weighted by Gasteiger charge is 2.31. The summed E-state index contributed by atoms with van der Waals surface area (Å²) in [6, 6.07) is 15.9. The first-order valence-electron chi connectivity index (χ1n) is 12.3. The van der Waals surface area contributed by atoms with Gasteiger partial charge in [-0.15, -0.1) is 0 Å². The minimum atomic E-state index is -0.930. The number of hydrogen-bond acceptors (Lipinski definition) is 4. The van der Waals surface area contributed by atoms with Crippen molar-refractivity contribution in [2.45, 2.75) is 64.8 Å². The second kappa shape index (κ2) is 11.9. The smallest absolute Gasteiger partial charge is 0.407 e. The Labute approximate surface area is 207 Å². The van der Waals surface area contributed by atoms with Crippen LogP contribution >= 0.6 is 0 Å². The van der Waals surface area contributed by atoms with Crippen molar-refractivity contribution in [1.29, 1.82) is 0 Å². The molecule has 1 aliphatic rings. The maximum atomic E-state index is 12.8. The van der Waals surface area contributed by atoms with Crippen LogP contribution in [0.5, 0.6) is 0 Å². The van der Waals surface area contributed by atoms with Crippen LogP contribution in [-0.4, -0.2) is 42.3 Å². The van der Waals surface area contributed by atoms with Crippen LogP contribution in [0.3, 0.4) is 0 Å². The third-order valence-electron chi connectivity index (χ3n) is 6.64. The number of carbonyl (C=O) groups excluding carboxylic acids is 2. The number of carboxylic acids is 1. The van der Waals surface area contributed by atoms with Gasteiger partial charge in [0, 0.05) is 23.9 Å². The van der Waals surface area contributed by atoms with Gasteiger partial charge in [0.05, 0.1) is 6.42 Å². The molecule has 7 nitrogen and oxygen atoms in total. The highest BCUT2D eigenvalue weighted by atomic mass is 16.5. The van der Waals surface area contributed by atoms with Crippen molar-refractivity contribution in [2.24, 2.45) is 5.41 Å². The third-order valence-corrected chi connectivity index (χ3v) is 6.64. The molecule has 0 aliphatic heterocycles. The lowest BCUT2D eigenvalue weighted by molar-refractivity contribution is -0.138. The monoisotopic (exact) mass is 480 g/mol. The van der Waals surface area contributed by atoms with Crippen molar-refractivity contribution >= 4 is 18.0 Å². The molecule has 188 valence electrons. The Morgan fingerprint density at radius 3 is 2.20 bits per heavy atom. The van der Waals surface area contributed by atoms with Gasteiger partial charge in [-0.3, -0.25) is 9.59 Å². The molecule has 2 aromatic rings. The molecule has 0 radical (unpaired) electrons. The average Bonchev–Trinajstić information content (AvgIpc) is 3.14. The van der Waals surface area contributed by atoms with E-state index in [1.54, 1.807) is 13.8 Å². The topological polar surface area (TPSA) is 105 Å². The maximum Gasteiger partial charge on any atom is 0.407 e. The summed E-state index contributed by atoms with van der Waals surface area (Å²) in [5.41, 5.74) is 3.88. The predicted molar refractivity (Wildman–Crippen MR) is 135 cm³/mol. The number of aliphatic carboxylic acids is 1. The van der Waals surface area contributed by atoms with Gasteiger partial charge in [0.2, 0.25) is 5.91 Å². The molecule has 0 fully saturated rings. The summed E-state index contributed by atoms with van der Waals surface area (Å²) in [6.45, 7) is 6.12. The van der Waals surface area contributed by atoms with Crippen molar-refractivity contribution in [2.75, 3.05) is 13.2 Å². The Kier molecular flexibility index (Phi) is 8.90. The van der Waals surface area contributed by atoms with Crippen LogP contribution in [0.25, 0.3) is 11.1 Å². The van der Waals surface area contributed by atoms with E-state index in [2.05, 4.69) is 34.9 Å². The molecule has 0 aromatic heterocycles. The van der Waals surface area contributed by atoms with Gasteiger partial charge in [-0.05, 0) is 35.1 Å². The zero-order chi connectivity index (χ0) is 25.4. The number of fused-ring (bicyclic) bond motifs is 3. The molecule has 1 atom stereocenters. The summed E-state index contributed by atoms with van der Waals surface area (Å²) in [4.78, 5) is 36.3.